The van der Waals surface area contributed by atoms with E-state index in [-0.39, 0.29) is 0 Å². The van der Waals surface area contributed by atoms with E-state index in [1.165, 1.54) is 12.1 Å². The van der Waals surface area contributed by atoms with Crippen molar-refractivity contribution >= 4 is 5.69 Å². The Morgan fingerprint density at radius 2 is 2.56 bits per heavy atom. The number of aromatic amines is 1. The lowest BCUT2D eigenvalue weighted by Gasteiger charge is -2.08. The van der Waals surface area contributed by atoms with Crippen LogP contribution >= 0.6 is 0 Å². The molecule has 0 aliphatic carbocycles. The van der Waals surface area contributed by atoms with Gasteiger partial charge in [0.15, 0.2) is 0 Å². The molecule has 0 spiro atoms. The average molecular weight is 246 g/mol. The van der Waals surface area contributed by atoms with Crippen LogP contribution in [0.3, 0.4) is 0 Å². The van der Waals surface area contributed by atoms with Crippen molar-refractivity contribution in [2.45, 2.75) is 32.0 Å². The molecule has 1 fully saturated rings. The summed E-state index contributed by atoms with van der Waals surface area (Å²) < 4.78 is 7.55. The minimum Gasteiger partial charge on any atom is -0.377 e. The second-order valence-corrected chi connectivity index (χ2v) is 4.63. The lowest BCUT2D eigenvalue weighted by molar-refractivity contribution is 0.0940. The van der Waals surface area contributed by atoms with Crippen LogP contribution in [-0.4, -0.2) is 27.5 Å². The second-order valence-electron chi connectivity index (χ2n) is 4.63. The van der Waals surface area contributed by atoms with Gasteiger partial charge in [-0.2, -0.15) is 5.10 Å². The van der Waals surface area contributed by atoms with Crippen molar-refractivity contribution in [1.82, 2.24) is 14.8 Å². The van der Waals surface area contributed by atoms with Crippen LogP contribution in [0.1, 0.15) is 18.5 Å². The van der Waals surface area contributed by atoms with Crippen molar-refractivity contribution in [2.24, 2.45) is 0 Å². The highest BCUT2D eigenvalue weighted by atomic mass is 16.5. The molecule has 0 aromatic carbocycles. The quantitative estimate of drug-likeness (QED) is 0.848. The molecule has 2 aromatic heterocycles. The Bertz CT molecular complexity index is 471. The first-order valence-electron chi connectivity index (χ1n) is 6.40. The molecule has 1 unspecified atom stereocenters. The van der Waals surface area contributed by atoms with Gasteiger partial charge in [0.1, 0.15) is 0 Å². The largest absolute Gasteiger partial charge is 0.377 e. The molecular formula is C13H18N4O. The van der Waals surface area contributed by atoms with Crippen LogP contribution in [0, 0.1) is 0 Å². The zero-order valence-electron chi connectivity index (χ0n) is 10.3. The average Bonchev–Trinajstić information content (AvgIpc) is 3.09. The Hall–Kier alpha value is -1.75. The Labute approximate surface area is 106 Å². The zero-order chi connectivity index (χ0) is 12.2. The molecule has 0 amide bonds. The molecule has 3 heterocycles. The number of anilines is 1. The highest BCUT2D eigenvalue weighted by molar-refractivity contribution is 5.38. The molecule has 2 aromatic rings. The molecule has 1 aliphatic rings. The molecule has 5 nitrogen and oxygen atoms in total. The first kappa shape index (κ1) is 11.3. The van der Waals surface area contributed by atoms with Gasteiger partial charge in [-0.1, -0.05) is 0 Å². The molecule has 5 heteroatoms. The predicted molar refractivity (Wildman–Crippen MR) is 69.3 cm³/mol. The smallest absolute Gasteiger partial charge is 0.0771 e. The van der Waals surface area contributed by atoms with E-state index >= 15 is 0 Å². The van der Waals surface area contributed by atoms with Crippen LogP contribution in [-0.2, 0) is 17.8 Å². The van der Waals surface area contributed by atoms with E-state index in [1.807, 2.05) is 29.3 Å². The SMILES string of the molecule is c1c[nH]c(CNc2cnn(CC3CCCO3)c2)c1. The number of hydrogen-bond acceptors (Lipinski definition) is 3. The van der Waals surface area contributed by atoms with Crippen LogP contribution in [0.15, 0.2) is 30.7 Å². The topological polar surface area (TPSA) is 54.9 Å². The number of nitrogens with zero attached hydrogens (tertiary/aromatic N) is 2. The minimum absolute atomic E-state index is 0.334. The van der Waals surface area contributed by atoms with Crippen molar-refractivity contribution in [3.05, 3.63) is 36.4 Å². The number of H-pyrrole nitrogens is 1. The Morgan fingerprint density at radius 1 is 1.56 bits per heavy atom. The fourth-order valence-electron chi connectivity index (χ4n) is 2.23. The first-order chi connectivity index (χ1) is 8.90. The summed E-state index contributed by atoms with van der Waals surface area (Å²) in [6, 6.07) is 4.06. The van der Waals surface area contributed by atoms with E-state index < -0.39 is 0 Å². The fourth-order valence-corrected chi connectivity index (χ4v) is 2.23. The fraction of sp³-hybridized carbons (Fsp3) is 0.462. The summed E-state index contributed by atoms with van der Waals surface area (Å²) in [7, 11) is 0. The van der Waals surface area contributed by atoms with Crippen molar-refractivity contribution in [3.8, 4) is 0 Å². The van der Waals surface area contributed by atoms with Crippen molar-refractivity contribution in [3.63, 3.8) is 0 Å². The maximum atomic E-state index is 5.60. The van der Waals surface area contributed by atoms with Gasteiger partial charge < -0.3 is 15.0 Å². The van der Waals surface area contributed by atoms with E-state index in [1.54, 1.807) is 0 Å². The van der Waals surface area contributed by atoms with Gasteiger partial charge in [-0.25, -0.2) is 0 Å². The molecule has 0 saturated carbocycles. The summed E-state index contributed by atoms with van der Waals surface area (Å²) >= 11 is 0. The summed E-state index contributed by atoms with van der Waals surface area (Å²) in [5.74, 6) is 0. The van der Waals surface area contributed by atoms with E-state index in [0.29, 0.717) is 6.10 Å². The molecule has 2 N–H and O–H groups in total. The van der Waals surface area contributed by atoms with E-state index in [0.717, 1.165) is 31.8 Å². The minimum atomic E-state index is 0.334. The van der Waals surface area contributed by atoms with Crippen molar-refractivity contribution in [2.75, 3.05) is 11.9 Å². The van der Waals surface area contributed by atoms with Gasteiger partial charge >= 0.3 is 0 Å². The lowest BCUT2D eigenvalue weighted by Crippen LogP contribution is -2.15. The van der Waals surface area contributed by atoms with Crippen LogP contribution < -0.4 is 5.32 Å². The molecule has 1 saturated heterocycles. The molecule has 18 heavy (non-hydrogen) atoms. The summed E-state index contributed by atoms with van der Waals surface area (Å²) in [6.07, 6.45) is 8.47. The van der Waals surface area contributed by atoms with Crippen LogP contribution in [0.4, 0.5) is 5.69 Å². The van der Waals surface area contributed by atoms with E-state index in [4.69, 9.17) is 4.74 Å². The third-order valence-electron chi connectivity index (χ3n) is 3.19. The number of aromatic nitrogens is 3. The van der Waals surface area contributed by atoms with Gasteiger partial charge in [-0.15, -0.1) is 0 Å². The molecule has 1 aliphatic heterocycles. The number of hydrogen-bond donors (Lipinski definition) is 2. The third-order valence-corrected chi connectivity index (χ3v) is 3.19. The maximum absolute atomic E-state index is 5.60. The van der Waals surface area contributed by atoms with Crippen LogP contribution in [0.2, 0.25) is 0 Å². The Balaban J connectivity index is 1.52. The van der Waals surface area contributed by atoms with Gasteiger partial charge in [0.05, 0.1) is 31.1 Å². The van der Waals surface area contributed by atoms with Crippen LogP contribution in [0.25, 0.3) is 0 Å². The van der Waals surface area contributed by atoms with Gasteiger partial charge in [0.25, 0.3) is 0 Å². The summed E-state index contributed by atoms with van der Waals surface area (Å²) in [5.41, 5.74) is 2.21. The zero-order valence-corrected chi connectivity index (χ0v) is 10.3. The second kappa shape index (κ2) is 5.27. The number of ether oxygens (including phenoxy) is 1. The van der Waals surface area contributed by atoms with Crippen molar-refractivity contribution < 1.29 is 4.74 Å². The Kier molecular flexibility index (Phi) is 3.32. The predicted octanol–water partition coefficient (Wildman–Crippen LogP) is 2.00. The normalized spacial score (nSPS) is 19.2. The van der Waals surface area contributed by atoms with Crippen LogP contribution in [0.5, 0.6) is 0 Å². The van der Waals surface area contributed by atoms with E-state index in [2.05, 4.69) is 21.5 Å². The van der Waals surface area contributed by atoms with Gasteiger partial charge in [0, 0.05) is 24.7 Å². The van der Waals surface area contributed by atoms with Crippen molar-refractivity contribution in [1.29, 1.82) is 0 Å². The van der Waals surface area contributed by atoms with E-state index in [9.17, 15) is 0 Å². The molecule has 1 atom stereocenters. The van der Waals surface area contributed by atoms with Gasteiger partial charge in [0.2, 0.25) is 0 Å². The maximum Gasteiger partial charge on any atom is 0.0771 e. The standard InChI is InChI=1S/C13H18N4O/c1-3-11(14-5-1)7-15-12-8-16-17(9-12)10-13-4-2-6-18-13/h1,3,5,8-9,13-15H,2,4,6-7,10H2. The molecule has 0 bridgehead atoms. The molecule has 0 radical (unpaired) electrons. The third kappa shape index (κ3) is 2.73. The number of nitrogens with one attached hydrogen (secondary N) is 2. The summed E-state index contributed by atoms with van der Waals surface area (Å²) in [6.45, 7) is 2.53. The lowest BCUT2D eigenvalue weighted by atomic mass is 10.2. The van der Waals surface area contributed by atoms with Gasteiger partial charge in [-0.05, 0) is 25.0 Å². The molecule has 3 rings (SSSR count). The highest BCUT2D eigenvalue weighted by Gasteiger charge is 2.16. The highest BCUT2D eigenvalue weighted by Crippen LogP contribution is 2.15. The van der Waals surface area contributed by atoms with Gasteiger partial charge in [-0.3, -0.25) is 4.68 Å². The molecule has 96 valence electrons. The number of rotatable bonds is 5. The first-order valence-corrected chi connectivity index (χ1v) is 6.40. The molecular weight excluding hydrogens is 228 g/mol. The monoisotopic (exact) mass is 246 g/mol. The summed E-state index contributed by atoms with van der Waals surface area (Å²) in [4.78, 5) is 3.16. The Morgan fingerprint density at radius 3 is 3.33 bits per heavy atom. The summed E-state index contributed by atoms with van der Waals surface area (Å²) in [5, 5.41) is 7.68.